The van der Waals surface area contributed by atoms with E-state index in [4.69, 9.17) is 16.7 Å². The molecule has 182 valence electrons. The Balaban J connectivity index is 1.60. The maximum absolute atomic E-state index is 13.5. The van der Waals surface area contributed by atoms with Crippen LogP contribution >= 0.6 is 11.6 Å². The zero-order valence-electron chi connectivity index (χ0n) is 20.6. The van der Waals surface area contributed by atoms with Crippen molar-refractivity contribution in [2.45, 2.75) is 58.8 Å². The van der Waals surface area contributed by atoms with Crippen LogP contribution in [-0.2, 0) is 6.42 Å². The van der Waals surface area contributed by atoms with E-state index < -0.39 is 0 Å². The van der Waals surface area contributed by atoms with Crippen molar-refractivity contribution in [1.29, 1.82) is 0 Å². The fraction of sp³-hybridized carbons (Fsp3) is 0.379. The molecule has 5 nitrogen and oxygen atoms in total. The van der Waals surface area contributed by atoms with E-state index in [1.165, 1.54) is 24.0 Å². The van der Waals surface area contributed by atoms with Gasteiger partial charge in [0.1, 0.15) is 0 Å². The zero-order valence-corrected chi connectivity index (χ0v) is 21.4. The number of benzene rings is 2. The third kappa shape index (κ3) is 5.21. The number of allylic oxidation sites excluding steroid dienone is 1. The molecule has 0 radical (unpaired) electrons. The highest BCUT2D eigenvalue weighted by atomic mass is 35.5. The minimum atomic E-state index is -0.106. The van der Waals surface area contributed by atoms with Gasteiger partial charge < -0.3 is 0 Å². The van der Waals surface area contributed by atoms with E-state index in [-0.39, 0.29) is 5.91 Å². The van der Waals surface area contributed by atoms with E-state index in [1.807, 2.05) is 29.8 Å². The van der Waals surface area contributed by atoms with Crippen molar-refractivity contribution in [3.05, 3.63) is 81.1 Å². The van der Waals surface area contributed by atoms with Crippen LogP contribution in [0, 0.1) is 13.8 Å². The third-order valence-electron chi connectivity index (χ3n) is 7.05. The summed E-state index contributed by atoms with van der Waals surface area (Å²) in [5.41, 5.74) is 11.4. The highest BCUT2D eigenvalue weighted by Crippen LogP contribution is 2.37. The van der Waals surface area contributed by atoms with Crippen molar-refractivity contribution in [2.75, 3.05) is 13.1 Å². The van der Waals surface area contributed by atoms with Crippen molar-refractivity contribution >= 4 is 29.2 Å². The van der Waals surface area contributed by atoms with Gasteiger partial charge in [0.15, 0.2) is 5.69 Å². The number of halogens is 1. The van der Waals surface area contributed by atoms with Crippen molar-refractivity contribution in [3.8, 4) is 5.69 Å². The highest BCUT2D eigenvalue weighted by molar-refractivity contribution is 6.30. The molecule has 2 aliphatic rings. The lowest BCUT2D eigenvalue weighted by molar-refractivity contribution is 0.0787. The Morgan fingerprint density at radius 1 is 0.971 bits per heavy atom. The van der Waals surface area contributed by atoms with Gasteiger partial charge in [-0.3, -0.25) is 10.2 Å². The maximum Gasteiger partial charge on any atom is 0.286 e. The van der Waals surface area contributed by atoms with Crippen molar-refractivity contribution in [3.63, 3.8) is 0 Å². The molecule has 1 N–H and O–H groups in total. The summed E-state index contributed by atoms with van der Waals surface area (Å²) in [6.45, 7) is 5.93. The fourth-order valence-electron chi connectivity index (χ4n) is 5.19. The summed E-state index contributed by atoms with van der Waals surface area (Å²) in [7, 11) is 0. The maximum atomic E-state index is 13.5. The van der Waals surface area contributed by atoms with Crippen molar-refractivity contribution < 1.29 is 4.79 Å². The Hall–Kier alpha value is -2.89. The molecule has 1 aliphatic carbocycles. The number of fused-ring (bicyclic) bond motifs is 1. The molecule has 3 aromatic rings. The number of nitrogens with zero attached hydrogens (tertiary/aromatic N) is 3. The van der Waals surface area contributed by atoms with Crippen LogP contribution in [0.4, 0.5) is 0 Å². The van der Waals surface area contributed by atoms with Crippen LogP contribution in [0.1, 0.15) is 77.0 Å². The first-order valence-electron chi connectivity index (χ1n) is 12.7. The van der Waals surface area contributed by atoms with Gasteiger partial charge in [-0.2, -0.15) is 5.10 Å². The van der Waals surface area contributed by atoms with Crippen LogP contribution in [0.25, 0.3) is 17.3 Å². The van der Waals surface area contributed by atoms with E-state index in [2.05, 4.69) is 47.7 Å². The van der Waals surface area contributed by atoms with Crippen LogP contribution < -0.4 is 5.43 Å². The SMILES string of the molecule is Cc1ccc(/C=C2\CCCc3c(C(=O)NN4CCCCCC4)nn(-c4ccc(Cl)cc4C)c32)cc1. The summed E-state index contributed by atoms with van der Waals surface area (Å²) < 4.78 is 1.97. The van der Waals surface area contributed by atoms with Gasteiger partial charge in [0.05, 0.1) is 11.4 Å². The molecule has 1 aromatic heterocycles. The Labute approximate surface area is 212 Å². The second-order valence-corrected chi connectivity index (χ2v) is 10.2. The Morgan fingerprint density at radius 3 is 2.43 bits per heavy atom. The van der Waals surface area contributed by atoms with Gasteiger partial charge in [0, 0.05) is 23.7 Å². The molecule has 0 saturated carbocycles. The molecule has 5 rings (SSSR count). The number of hydrogen-bond donors (Lipinski definition) is 1. The second kappa shape index (κ2) is 10.4. The van der Waals surface area contributed by atoms with E-state index in [9.17, 15) is 4.79 Å². The Bertz CT molecular complexity index is 1250. The lowest BCUT2D eigenvalue weighted by atomic mass is 9.89. The zero-order chi connectivity index (χ0) is 24.4. The van der Waals surface area contributed by atoms with E-state index >= 15 is 0 Å². The first-order chi connectivity index (χ1) is 17.0. The van der Waals surface area contributed by atoms with E-state index in [0.717, 1.165) is 73.3 Å². The van der Waals surface area contributed by atoms with Crippen LogP contribution in [0.2, 0.25) is 5.02 Å². The molecule has 2 heterocycles. The molecule has 0 atom stereocenters. The first-order valence-corrected chi connectivity index (χ1v) is 13.1. The van der Waals surface area contributed by atoms with Gasteiger partial charge in [0.2, 0.25) is 0 Å². The summed E-state index contributed by atoms with van der Waals surface area (Å²) in [5, 5.41) is 7.71. The number of amides is 1. The van der Waals surface area contributed by atoms with Gasteiger partial charge >= 0.3 is 0 Å². The predicted molar refractivity (Wildman–Crippen MR) is 143 cm³/mol. The van der Waals surface area contributed by atoms with Gasteiger partial charge in [-0.25, -0.2) is 9.69 Å². The largest absolute Gasteiger partial charge is 0.286 e. The standard InChI is InChI=1S/C29H33ClN4O/c1-20-10-12-22(13-11-20)19-23-8-7-9-25-27(29(35)32-33-16-5-3-4-6-17-33)31-34(28(23)25)26-15-14-24(30)18-21(26)2/h10-15,18-19H,3-9,16-17H2,1-2H3,(H,32,35)/b23-19+. The molecule has 1 fully saturated rings. The molecule has 1 saturated heterocycles. The summed E-state index contributed by atoms with van der Waals surface area (Å²) in [6, 6.07) is 14.4. The molecule has 0 bridgehead atoms. The van der Waals surface area contributed by atoms with Gasteiger partial charge in [-0.05, 0) is 86.9 Å². The molecule has 6 heteroatoms. The van der Waals surface area contributed by atoms with Gasteiger partial charge in [-0.1, -0.05) is 54.3 Å². The van der Waals surface area contributed by atoms with Crippen molar-refractivity contribution in [1.82, 2.24) is 20.2 Å². The number of hydrazine groups is 1. The van der Waals surface area contributed by atoms with E-state index in [1.54, 1.807) is 0 Å². The highest BCUT2D eigenvalue weighted by Gasteiger charge is 2.29. The summed E-state index contributed by atoms with van der Waals surface area (Å²) in [5.74, 6) is -0.106. The Kier molecular flexibility index (Phi) is 7.07. The first kappa shape index (κ1) is 23.8. The molecular weight excluding hydrogens is 456 g/mol. The van der Waals surface area contributed by atoms with Crippen LogP contribution in [0.15, 0.2) is 42.5 Å². The Morgan fingerprint density at radius 2 is 1.71 bits per heavy atom. The third-order valence-corrected chi connectivity index (χ3v) is 7.28. The topological polar surface area (TPSA) is 50.2 Å². The van der Waals surface area contributed by atoms with Crippen LogP contribution in [-0.4, -0.2) is 33.8 Å². The monoisotopic (exact) mass is 488 g/mol. The average Bonchev–Trinajstić information content (AvgIpc) is 3.04. The number of carbonyl (C=O) groups excluding carboxylic acids is 1. The van der Waals surface area contributed by atoms with E-state index in [0.29, 0.717) is 10.7 Å². The smallest absolute Gasteiger partial charge is 0.283 e. The number of rotatable bonds is 4. The summed E-state index contributed by atoms with van der Waals surface area (Å²) in [4.78, 5) is 13.5. The quantitative estimate of drug-likeness (QED) is 0.453. The number of nitrogens with one attached hydrogen (secondary N) is 1. The number of hydrogen-bond acceptors (Lipinski definition) is 3. The normalized spacial score (nSPS) is 17.7. The molecule has 35 heavy (non-hydrogen) atoms. The lowest BCUT2D eigenvalue weighted by Crippen LogP contribution is -2.43. The van der Waals surface area contributed by atoms with Crippen LogP contribution in [0.3, 0.4) is 0 Å². The average molecular weight is 489 g/mol. The minimum Gasteiger partial charge on any atom is -0.283 e. The van der Waals surface area contributed by atoms with Gasteiger partial charge in [0.25, 0.3) is 5.91 Å². The van der Waals surface area contributed by atoms with Crippen molar-refractivity contribution in [2.24, 2.45) is 0 Å². The molecule has 1 amide bonds. The number of carbonyl (C=O) groups is 1. The fourth-order valence-corrected chi connectivity index (χ4v) is 5.41. The minimum absolute atomic E-state index is 0.106. The molecule has 1 aliphatic heterocycles. The summed E-state index contributed by atoms with van der Waals surface area (Å²) >= 11 is 6.26. The predicted octanol–water partition coefficient (Wildman–Crippen LogP) is 6.54. The number of aryl methyl sites for hydroxylation is 2. The van der Waals surface area contributed by atoms with Gasteiger partial charge in [-0.15, -0.1) is 0 Å². The molecule has 0 unspecified atom stereocenters. The molecule has 2 aromatic carbocycles. The number of aromatic nitrogens is 2. The van der Waals surface area contributed by atoms with Crippen LogP contribution in [0.5, 0.6) is 0 Å². The lowest BCUT2D eigenvalue weighted by Gasteiger charge is -2.21. The second-order valence-electron chi connectivity index (χ2n) is 9.79. The molecule has 0 spiro atoms. The molecular formula is C29H33ClN4O. The summed E-state index contributed by atoms with van der Waals surface area (Å²) in [6.07, 6.45) is 9.71.